The molecule has 0 saturated heterocycles. The van der Waals surface area contributed by atoms with Crippen LogP contribution in [0.3, 0.4) is 0 Å². The van der Waals surface area contributed by atoms with Gasteiger partial charge < -0.3 is 5.32 Å². The molecule has 0 bridgehead atoms. The monoisotopic (exact) mass is 228 g/mol. The van der Waals surface area contributed by atoms with Gasteiger partial charge in [-0.15, -0.1) is 0 Å². The molecule has 0 saturated carbocycles. The minimum absolute atomic E-state index is 0.586. The van der Waals surface area contributed by atoms with E-state index in [9.17, 15) is 0 Å². The average molecular weight is 228 g/mol. The average Bonchev–Trinajstić information content (AvgIpc) is 2.16. The van der Waals surface area contributed by atoms with Gasteiger partial charge in [0.15, 0.2) is 0 Å². The standard InChI is InChI=1S/C14H32N2/c1-8-14(10-15-12(4)5)16(7)13(6)9-11(2)3/h11-15H,8-10H2,1-7H3. The fraction of sp³-hybridized carbons (Fsp3) is 1.00. The zero-order valence-corrected chi connectivity index (χ0v) is 12.4. The van der Waals surface area contributed by atoms with E-state index < -0.39 is 0 Å². The van der Waals surface area contributed by atoms with Gasteiger partial charge in [-0.1, -0.05) is 34.6 Å². The van der Waals surface area contributed by atoms with Crippen LogP contribution in [0.1, 0.15) is 54.4 Å². The second-order valence-electron chi connectivity index (χ2n) is 5.77. The third-order valence-corrected chi connectivity index (χ3v) is 3.32. The molecule has 2 heteroatoms. The normalized spacial score (nSPS) is 16.1. The summed E-state index contributed by atoms with van der Waals surface area (Å²) in [6, 6.07) is 1.93. The van der Waals surface area contributed by atoms with Crippen LogP contribution in [0, 0.1) is 5.92 Å². The molecule has 1 N–H and O–H groups in total. The third-order valence-electron chi connectivity index (χ3n) is 3.32. The van der Waals surface area contributed by atoms with Gasteiger partial charge >= 0.3 is 0 Å². The third kappa shape index (κ3) is 6.49. The van der Waals surface area contributed by atoms with Crippen molar-refractivity contribution in [3.05, 3.63) is 0 Å². The van der Waals surface area contributed by atoms with Crippen molar-refractivity contribution in [2.24, 2.45) is 5.92 Å². The lowest BCUT2D eigenvalue weighted by Crippen LogP contribution is -2.45. The molecule has 2 unspecified atom stereocenters. The topological polar surface area (TPSA) is 15.3 Å². The first-order chi connectivity index (χ1) is 7.38. The number of nitrogens with zero attached hydrogens (tertiary/aromatic N) is 1. The van der Waals surface area contributed by atoms with Crippen LogP contribution >= 0.6 is 0 Å². The largest absolute Gasteiger partial charge is 0.313 e. The van der Waals surface area contributed by atoms with E-state index in [4.69, 9.17) is 0 Å². The van der Waals surface area contributed by atoms with Gasteiger partial charge in [-0.2, -0.15) is 0 Å². The van der Waals surface area contributed by atoms with Crippen molar-refractivity contribution >= 4 is 0 Å². The van der Waals surface area contributed by atoms with E-state index >= 15 is 0 Å². The first kappa shape index (κ1) is 15.9. The van der Waals surface area contributed by atoms with E-state index in [-0.39, 0.29) is 0 Å². The van der Waals surface area contributed by atoms with Crippen LogP contribution in [-0.4, -0.2) is 36.6 Å². The Labute approximate surface area is 103 Å². The summed E-state index contributed by atoms with van der Waals surface area (Å²) in [6.07, 6.45) is 2.51. The molecule has 0 aliphatic rings. The van der Waals surface area contributed by atoms with Crippen molar-refractivity contribution in [3.63, 3.8) is 0 Å². The molecule has 2 nitrogen and oxygen atoms in total. The Morgan fingerprint density at radius 1 is 1.06 bits per heavy atom. The summed E-state index contributed by atoms with van der Waals surface area (Å²) in [7, 11) is 2.27. The first-order valence-electron chi connectivity index (χ1n) is 6.83. The Bertz CT molecular complexity index is 166. The highest BCUT2D eigenvalue weighted by atomic mass is 15.2. The molecular formula is C14H32N2. The van der Waals surface area contributed by atoms with Crippen LogP contribution in [0.25, 0.3) is 0 Å². The maximum absolute atomic E-state index is 3.54. The number of hydrogen-bond acceptors (Lipinski definition) is 2. The second-order valence-corrected chi connectivity index (χ2v) is 5.77. The molecule has 98 valence electrons. The maximum Gasteiger partial charge on any atom is 0.0217 e. The molecule has 16 heavy (non-hydrogen) atoms. The molecule has 0 spiro atoms. The molecule has 0 heterocycles. The molecule has 0 rings (SSSR count). The van der Waals surface area contributed by atoms with Crippen molar-refractivity contribution < 1.29 is 0 Å². The Balaban J connectivity index is 4.12. The van der Waals surface area contributed by atoms with Gasteiger partial charge in [0.25, 0.3) is 0 Å². The van der Waals surface area contributed by atoms with Crippen LogP contribution < -0.4 is 5.32 Å². The molecule has 0 aromatic heterocycles. The van der Waals surface area contributed by atoms with E-state index in [1.807, 2.05) is 0 Å². The fourth-order valence-electron chi connectivity index (χ4n) is 2.16. The van der Waals surface area contributed by atoms with Crippen LogP contribution in [0.4, 0.5) is 0 Å². The van der Waals surface area contributed by atoms with Crippen molar-refractivity contribution in [1.29, 1.82) is 0 Å². The number of nitrogens with one attached hydrogen (secondary N) is 1. The molecule has 0 aromatic rings. The van der Waals surface area contributed by atoms with Crippen molar-refractivity contribution in [2.75, 3.05) is 13.6 Å². The fourth-order valence-corrected chi connectivity index (χ4v) is 2.16. The van der Waals surface area contributed by atoms with Crippen LogP contribution in [-0.2, 0) is 0 Å². The number of likely N-dealkylation sites (N-methyl/N-ethyl adjacent to an activating group) is 1. The lowest BCUT2D eigenvalue weighted by molar-refractivity contribution is 0.155. The quantitative estimate of drug-likeness (QED) is 0.686. The van der Waals surface area contributed by atoms with E-state index in [0.29, 0.717) is 18.1 Å². The van der Waals surface area contributed by atoms with Gasteiger partial charge in [0.1, 0.15) is 0 Å². The lowest BCUT2D eigenvalue weighted by Gasteiger charge is -2.34. The van der Waals surface area contributed by atoms with Crippen molar-refractivity contribution in [2.45, 2.75) is 72.5 Å². The SMILES string of the molecule is CCC(CNC(C)C)N(C)C(C)CC(C)C. The van der Waals surface area contributed by atoms with Gasteiger partial charge in [-0.3, -0.25) is 4.90 Å². The van der Waals surface area contributed by atoms with Gasteiger partial charge in [0.2, 0.25) is 0 Å². The minimum atomic E-state index is 0.586. The number of rotatable bonds is 8. The highest BCUT2D eigenvalue weighted by molar-refractivity contribution is 4.76. The Hall–Kier alpha value is -0.0800. The summed E-state index contributed by atoms with van der Waals surface area (Å²) >= 11 is 0. The summed E-state index contributed by atoms with van der Waals surface area (Å²) in [5.41, 5.74) is 0. The molecule has 2 atom stereocenters. The highest BCUT2D eigenvalue weighted by Crippen LogP contribution is 2.13. The summed E-state index contributed by atoms with van der Waals surface area (Å²) in [6.45, 7) is 14.8. The summed E-state index contributed by atoms with van der Waals surface area (Å²) in [5.74, 6) is 0.785. The molecule has 0 radical (unpaired) electrons. The van der Waals surface area contributed by atoms with Gasteiger partial charge in [-0.25, -0.2) is 0 Å². The van der Waals surface area contributed by atoms with Gasteiger partial charge in [-0.05, 0) is 32.7 Å². The van der Waals surface area contributed by atoms with Crippen molar-refractivity contribution in [3.8, 4) is 0 Å². The lowest BCUT2D eigenvalue weighted by atomic mass is 10.0. The molecular weight excluding hydrogens is 196 g/mol. The predicted octanol–water partition coefficient (Wildman–Crippen LogP) is 3.13. The zero-order valence-electron chi connectivity index (χ0n) is 12.4. The zero-order chi connectivity index (χ0) is 12.7. The van der Waals surface area contributed by atoms with E-state index in [1.54, 1.807) is 0 Å². The van der Waals surface area contributed by atoms with Gasteiger partial charge in [0, 0.05) is 24.7 Å². The Morgan fingerprint density at radius 2 is 1.62 bits per heavy atom. The summed E-state index contributed by atoms with van der Waals surface area (Å²) in [4.78, 5) is 2.54. The minimum Gasteiger partial charge on any atom is -0.313 e. The number of hydrogen-bond donors (Lipinski definition) is 1. The van der Waals surface area contributed by atoms with Crippen LogP contribution in [0.5, 0.6) is 0 Å². The first-order valence-corrected chi connectivity index (χ1v) is 6.83. The molecule has 0 aliphatic carbocycles. The molecule has 0 aromatic carbocycles. The van der Waals surface area contributed by atoms with Gasteiger partial charge in [0.05, 0.1) is 0 Å². The van der Waals surface area contributed by atoms with Crippen molar-refractivity contribution in [1.82, 2.24) is 10.2 Å². The van der Waals surface area contributed by atoms with Crippen LogP contribution in [0.15, 0.2) is 0 Å². The molecule has 0 amide bonds. The molecule has 0 fully saturated rings. The Morgan fingerprint density at radius 3 is 2.00 bits per heavy atom. The van der Waals surface area contributed by atoms with E-state index in [0.717, 1.165) is 12.5 Å². The predicted molar refractivity (Wildman–Crippen MR) is 73.9 cm³/mol. The summed E-state index contributed by atoms with van der Waals surface area (Å²) in [5, 5.41) is 3.54. The van der Waals surface area contributed by atoms with E-state index in [2.05, 4.69) is 58.8 Å². The summed E-state index contributed by atoms with van der Waals surface area (Å²) < 4.78 is 0. The molecule has 0 aliphatic heterocycles. The van der Waals surface area contributed by atoms with Crippen LogP contribution in [0.2, 0.25) is 0 Å². The highest BCUT2D eigenvalue weighted by Gasteiger charge is 2.18. The smallest absolute Gasteiger partial charge is 0.0217 e. The second kappa shape index (κ2) is 8.08. The maximum atomic E-state index is 3.54. The van der Waals surface area contributed by atoms with E-state index in [1.165, 1.54) is 12.8 Å². The Kier molecular flexibility index (Phi) is 8.04.